The van der Waals surface area contributed by atoms with Crippen LogP contribution in [-0.4, -0.2) is 47.3 Å². The summed E-state index contributed by atoms with van der Waals surface area (Å²) in [5.41, 5.74) is 0.0474. The van der Waals surface area contributed by atoms with Crippen LogP contribution in [0.1, 0.15) is 51.9 Å². The van der Waals surface area contributed by atoms with Crippen molar-refractivity contribution in [1.29, 1.82) is 0 Å². The fraction of sp³-hybridized carbons (Fsp3) is 0.550. The van der Waals surface area contributed by atoms with Gasteiger partial charge < -0.3 is 15.5 Å². The van der Waals surface area contributed by atoms with Gasteiger partial charge in [0.05, 0.1) is 6.54 Å². The van der Waals surface area contributed by atoms with E-state index in [9.17, 15) is 14.4 Å². The Bertz CT molecular complexity index is 666. The molecular weight excluding hydrogens is 366 g/mol. The number of hydrogen-bond acceptors (Lipinski definition) is 3. The number of likely N-dealkylation sites (N-methyl/N-ethyl adjacent to an activating group) is 1. The molecule has 0 aliphatic rings. The third-order valence-corrected chi connectivity index (χ3v) is 4.12. The zero-order chi connectivity index (χ0) is 20.8. The molecule has 7 heteroatoms. The van der Waals surface area contributed by atoms with Crippen LogP contribution in [0, 0.1) is 5.92 Å². The van der Waals surface area contributed by atoms with Gasteiger partial charge in [-0.1, -0.05) is 25.4 Å². The van der Waals surface area contributed by atoms with E-state index < -0.39 is 6.04 Å². The normalized spacial score (nSPS) is 12.4. The van der Waals surface area contributed by atoms with Gasteiger partial charge in [0.25, 0.3) is 5.91 Å². The minimum absolute atomic E-state index is 0.0490. The Morgan fingerprint density at radius 2 is 1.67 bits per heavy atom. The topological polar surface area (TPSA) is 78.5 Å². The molecule has 0 radical (unpaired) electrons. The molecule has 0 aromatic heterocycles. The Morgan fingerprint density at radius 1 is 1.11 bits per heavy atom. The molecule has 0 aliphatic heterocycles. The summed E-state index contributed by atoms with van der Waals surface area (Å²) in [6.07, 6.45) is 0. The van der Waals surface area contributed by atoms with E-state index in [-0.39, 0.29) is 35.7 Å². The number of halogens is 1. The van der Waals surface area contributed by atoms with Crippen molar-refractivity contribution in [2.24, 2.45) is 5.92 Å². The van der Waals surface area contributed by atoms with Gasteiger partial charge in [0.15, 0.2) is 0 Å². The summed E-state index contributed by atoms with van der Waals surface area (Å²) in [4.78, 5) is 39.1. The van der Waals surface area contributed by atoms with Gasteiger partial charge in [0.2, 0.25) is 11.8 Å². The summed E-state index contributed by atoms with van der Waals surface area (Å²) in [5, 5.41) is 6.16. The summed E-state index contributed by atoms with van der Waals surface area (Å²) in [5.74, 6) is -0.995. The fourth-order valence-corrected chi connectivity index (χ4v) is 2.64. The van der Waals surface area contributed by atoms with Crippen molar-refractivity contribution >= 4 is 29.3 Å². The lowest BCUT2D eigenvalue weighted by Crippen LogP contribution is -2.54. The average Bonchev–Trinajstić information content (AvgIpc) is 2.55. The molecule has 1 unspecified atom stereocenters. The standard InChI is InChI=1S/C20H30ClN3O3/c1-7-24(12-16(25)23-20(4,5)6)19(27)17(13(2)3)22-18(26)14-8-10-15(21)11-9-14/h8-11,13,17H,7,12H2,1-6H3,(H,22,26)(H,23,25). The molecule has 0 bridgehead atoms. The molecule has 0 fully saturated rings. The summed E-state index contributed by atoms with van der Waals surface area (Å²) in [6.45, 7) is 11.5. The molecule has 150 valence electrons. The van der Waals surface area contributed by atoms with Crippen LogP contribution in [0.3, 0.4) is 0 Å². The van der Waals surface area contributed by atoms with E-state index in [4.69, 9.17) is 11.6 Å². The van der Waals surface area contributed by atoms with Crippen molar-refractivity contribution < 1.29 is 14.4 Å². The Morgan fingerprint density at radius 3 is 2.11 bits per heavy atom. The fourth-order valence-electron chi connectivity index (χ4n) is 2.51. The molecule has 1 aromatic carbocycles. The lowest BCUT2D eigenvalue weighted by atomic mass is 10.0. The Balaban J connectivity index is 2.87. The Kier molecular flexibility index (Phi) is 8.28. The van der Waals surface area contributed by atoms with Crippen LogP contribution in [0.15, 0.2) is 24.3 Å². The molecule has 6 nitrogen and oxygen atoms in total. The highest BCUT2D eigenvalue weighted by Gasteiger charge is 2.29. The van der Waals surface area contributed by atoms with Gasteiger partial charge in [0.1, 0.15) is 6.04 Å². The smallest absolute Gasteiger partial charge is 0.251 e. The first-order valence-corrected chi connectivity index (χ1v) is 9.48. The van der Waals surface area contributed by atoms with Crippen molar-refractivity contribution in [3.8, 4) is 0 Å². The number of rotatable bonds is 7. The van der Waals surface area contributed by atoms with Gasteiger partial charge in [0, 0.05) is 22.7 Å². The zero-order valence-corrected chi connectivity index (χ0v) is 17.7. The molecule has 0 heterocycles. The number of nitrogens with one attached hydrogen (secondary N) is 2. The third-order valence-electron chi connectivity index (χ3n) is 3.87. The maximum absolute atomic E-state index is 12.9. The lowest BCUT2D eigenvalue weighted by Gasteiger charge is -2.30. The van der Waals surface area contributed by atoms with Gasteiger partial charge in [-0.15, -0.1) is 0 Å². The summed E-state index contributed by atoms with van der Waals surface area (Å²) in [6, 6.07) is 5.73. The first-order chi connectivity index (χ1) is 12.4. The van der Waals surface area contributed by atoms with Crippen LogP contribution in [0.4, 0.5) is 0 Å². The molecule has 2 N–H and O–H groups in total. The monoisotopic (exact) mass is 395 g/mol. The SMILES string of the molecule is CCN(CC(=O)NC(C)(C)C)C(=O)C(NC(=O)c1ccc(Cl)cc1)C(C)C. The largest absolute Gasteiger partial charge is 0.350 e. The summed E-state index contributed by atoms with van der Waals surface area (Å²) >= 11 is 5.85. The summed E-state index contributed by atoms with van der Waals surface area (Å²) in [7, 11) is 0. The maximum Gasteiger partial charge on any atom is 0.251 e. The van der Waals surface area contributed by atoms with Crippen LogP contribution >= 0.6 is 11.6 Å². The highest BCUT2D eigenvalue weighted by atomic mass is 35.5. The number of nitrogens with zero attached hydrogens (tertiary/aromatic N) is 1. The zero-order valence-electron chi connectivity index (χ0n) is 16.9. The highest BCUT2D eigenvalue weighted by molar-refractivity contribution is 6.30. The molecule has 1 atom stereocenters. The second-order valence-electron chi connectivity index (χ2n) is 7.85. The van der Waals surface area contributed by atoms with E-state index in [1.54, 1.807) is 31.2 Å². The van der Waals surface area contributed by atoms with Gasteiger partial charge in [-0.25, -0.2) is 0 Å². The molecule has 0 aliphatic carbocycles. The van der Waals surface area contributed by atoms with Crippen LogP contribution < -0.4 is 10.6 Å². The van der Waals surface area contributed by atoms with Gasteiger partial charge in [-0.2, -0.15) is 0 Å². The first kappa shape index (κ1) is 23.0. The van der Waals surface area contributed by atoms with Gasteiger partial charge >= 0.3 is 0 Å². The molecule has 27 heavy (non-hydrogen) atoms. The van der Waals surface area contributed by atoms with Crippen molar-refractivity contribution in [3.63, 3.8) is 0 Å². The third kappa shape index (κ3) is 7.59. The molecule has 1 rings (SSSR count). The minimum Gasteiger partial charge on any atom is -0.350 e. The molecule has 3 amide bonds. The van der Waals surface area contributed by atoms with Gasteiger partial charge in [-0.3, -0.25) is 14.4 Å². The second-order valence-corrected chi connectivity index (χ2v) is 8.29. The second kappa shape index (κ2) is 9.74. The van der Waals surface area contributed by atoms with Gasteiger partial charge in [-0.05, 0) is 57.9 Å². The number of benzene rings is 1. The predicted octanol–water partition coefficient (Wildman–Crippen LogP) is 2.86. The Labute approximate surface area is 166 Å². The van der Waals surface area contributed by atoms with E-state index >= 15 is 0 Å². The molecule has 0 spiro atoms. The highest BCUT2D eigenvalue weighted by Crippen LogP contribution is 2.12. The molecular formula is C20H30ClN3O3. The van der Waals surface area contributed by atoms with Crippen molar-refractivity contribution in [1.82, 2.24) is 15.5 Å². The van der Waals surface area contributed by atoms with E-state index in [2.05, 4.69) is 10.6 Å². The minimum atomic E-state index is -0.726. The van der Waals surface area contributed by atoms with Crippen molar-refractivity contribution in [3.05, 3.63) is 34.9 Å². The first-order valence-electron chi connectivity index (χ1n) is 9.10. The Hall–Kier alpha value is -2.08. The number of carbonyl (C=O) groups excluding carboxylic acids is 3. The lowest BCUT2D eigenvalue weighted by molar-refractivity contribution is -0.138. The summed E-state index contributed by atoms with van der Waals surface area (Å²) < 4.78 is 0. The predicted molar refractivity (Wildman–Crippen MR) is 108 cm³/mol. The molecule has 0 saturated carbocycles. The number of amides is 3. The van der Waals surface area contributed by atoms with Crippen molar-refractivity contribution in [2.75, 3.05) is 13.1 Å². The maximum atomic E-state index is 12.9. The van der Waals surface area contributed by atoms with Crippen molar-refractivity contribution in [2.45, 2.75) is 53.1 Å². The molecule has 0 saturated heterocycles. The molecule has 1 aromatic rings. The van der Waals surface area contributed by atoms with E-state index in [0.29, 0.717) is 17.1 Å². The number of carbonyl (C=O) groups is 3. The van der Waals surface area contributed by atoms with Crippen LogP contribution in [0.2, 0.25) is 5.02 Å². The quantitative estimate of drug-likeness (QED) is 0.745. The van der Waals surface area contributed by atoms with Crippen LogP contribution in [-0.2, 0) is 9.59 Å². The number of hydrogen-bond donors (Lipinski definition) is 2. The van der Waals surface area contributed by atoms with Crippen LogP contribution in [0.25, 0.3) is 0 Å². The van der Waals surface area contributed by atoms with E-state index in [1.165, 1.54) is 4.90 Å². The van der Waals surface area contributed by atoms with E-state index in [0.717, 1.165) is 0 Å². The van der Waals surface area contributed by atoms with Crippen LogP contribution in [0.5, 0.6) is 0 Å². The average molecular weight is 396 g/mol. The van der Waals surface area contributed by atoms with E-state index in [1.807, 2.05) is 34.6 Å².